The molecule has 0 saturated heterocycles. The smallest absolute Gasteiger partial charge is 0.160 e. The van der Waals surface area contributed by atoms with Gasteiger partial charge in [-0.25, -0.2) is 9.97 Å². The molecule has 3 heteroatoms. The van der Waals surface area contributed by atoms with Gasteiger partial charge in [0.15, 0.2) is 5.82 Å². The predicted molar refractivity (Wildman–Crippen MR) is 136 cm³/mol. The topological polar surface area (TPSA) is 25.8 Å². The summed E-state index contributed by atoms with van der Waals surface area (Å²) in [4.78, 5) is 9.55. The van der Waals surface area contributed by atoms with Gasteiger partial charge in [-0.3, -0.25) is 0 Å². The van der Waals surface area contributed by atoms with Gasteiger partial charge in [0.2, 0.25) is 0 Å². The van der Waals surface area contributed by atoms with Crippen molar-refractivity contribution in [3.8, 4) is 33.8 Å². The second-order valence-corrected chi connectivity index (χ2v) is 9.02. The van der Waals surface area contributed by atoms with Crippen LogP contribution in [0.2, 0.25) is 0 Å². The summed E-state index contributed by atoms with van der Waals surface area (Å²) in [7, 11) is 0. The lowest BCUT2D eigenvalue weighted by Gasteiger charge is -2.09. The van der Waals surface area contributed by atoms with E-state index >= 15 is 0 Å². The van der Waals surface area contributed by atoms with Crippen molar-refractivity contribution in [3.05, 3.63) is 109 Å². The van der Waals surface area contributed by atoms with Gasteiger partial charge in [-0.15, -0.1) is 11.3 Å². The molecule has 0 bridgehead atoms. The number of thiophene rings is 1. The minimum Gasteiger partial charge on any atom is -0.233 e. The number of fused-ring (bicyclic) bond motifs is 3. The second-order valence-electron chi connectivity index (χ2n) is 7.94. The lowest BCUT2D eigenvalue weighted by molar-refractivity contribution is 1.12. The highest BCUT2D eigenvalue weighted by atomic mass is 32.1. The molecule has 0 atom stereocenters. The van der Waals surface area contributed by atoms with Crippen LogP contribution in [-0.2, 0) is 0 Å². The minimum atomic E-state index is 0.759. The van der Waals surface area contributed by atoms with E-state index in [2.05, 4.69) is 78.9 Å². The lowest BCUT2D eigenvalue weighted by Crippen LogP contribution is -1.95. The molecule has 4 aromatic carbocycles. The molecule has 6 aromatic rings. The Bertz CT molecular complexity index is 1560. The molecule has 2 heterocycles. The van der Waals surface area contributed by atoms with Gasteiger partial charge in [0, 0.05) is 37.0 Å². The van der Waals surface area contributed by atoms with Gasteiger partial charge in [0.25, 0.3) is 0 Å². The summed E-state index contributed by atoms with van der Waals surface area (Å²) in [5.41, 5.74) is 6.52. The van der Waals surface area contributed by atoms with Crippen LogP contribution in [0.15, 0.2) is 103 Å². The number of aryl methyl sites for hydroxylation is 1. The summed E-state index contributed by atoms with van der Waals surface area (Å²) in [6, 6.07) is 36.2. The fraction of sp³-hybridized carbons (Fsp3) is 0.0345. The maximum absolute atomic E-state index is 4.85. The minimum absolute atomic E-state index is 0.759. The fourth-order valence-electron chi connectivity index (χ4n) is 4.27. The Labute approximate surface area is 190 Å². The van der Waals surface area contributed by atoms with E-state index in [0.717, 1.165) is 28.3 Å². The summed E-state index contributed by atoms with van der Waals surface area (Å²) in [5.74, 6) is 0.759. The number of aromatic nitrogens is 2. The third-order valence-corrected chi connectivity index (χ3v) is 6.92. The largest absolute Gasteiger partial charge is 0.233 e. The van der Waals surface area contributed by atoms with Gasteiger partial charge in [-0.1, -0.05) is 84.9 Å². The molecule has 0 radical (unpaired) electrons. The van der Waals surface area contributed by atoms with E-state index in [9.17, 15) is 0 Å². The van der Waals surface area contributed by atoms with Crippen molar-refractivity contribution in [3.63, 3.8) is 0 Å². The summed E-state index contributed by atoms with van der Waals surface area (Å²) >= 11 is 1.85. The standard InChI is InChI=1S/C29H20N2S/c1-19-18-25(21-8-3-2-4-9-21)31-29(30-19)22-16-14-20(15-17-22)23-11-7-13-27-28(23)24-10-5-6-12-26(24)32-27/h2-18H,1H3. The van der Waals surface area contributed by atoms with E-state index in [4.69, 9.17) is 9.97 Å². The zero-order valence-corrected chi connectivity index (χ0v) is 18.4. The van der Waals surface area contributed by atoms with Crippen LogP contribution in [0.3, 0.4) is 0 Å². The summed E-state index contributed by atoms with van der Waals surface area (Å²) < 4.78 is 2.65. The first-order valence-corrected chi connectivity index (χ1v) is 11.5. The average molecular weight is 429 g/mol. The molecular formula is C29H20N2S. The summed E-state index contributed by atoms with van der Waals surface area (Å²) in [6.45, 7) is 2.02. The first kappa shape index (κ1) is 18.9. The molecule has 0 N–H and O–H groups in total. The van der Waals surface area contributed by atoms with E-state index in [1.807, 2.05) is 42.5 Å². The Hall–Kier alpha value is -3.82. The SMILES string of the molecule is Cc1cc(-c2ccccc2)nc(-c2ccc(-c3cccc4sc5ccccc5c34)cc2)n1. The molecule has 2 nitrogen and oxygen atoms in total. The Kier molecular flexibility index (Phi) is 4.55. The molecule has 6 rings (SSSR count). The van der Waals surface area contributed by atoms with E-state index in [1.54, 1.807) is 0 Å². The maximum Gasteiger partial charge on any atom is 0.160 e. The summed E-state index contributed by atoms with van der Waals surface area (Å²) in [5, 5.41) is 2.65. The van der Waals surface area contributed by atoms with Gasteiger partial charge < -0.3 is 0 Å². The van der Waals surface area contributed by atoms with Crippen LogP contribution in [0.1, 0.15) is 5.69 Å². The van der Waals surface area contributed by atoms with Crippen LogP contribution in [0.5, 0.6) is 0 Å². The molecule has 0 fully saturated rings. The Morgan fingerprint density at radius 2 is 1.31 bits per heavy atom. The fourth-order valence-corrected chi connectivity index (χ4v) is 5.40. The highest BCUT2D eigenvalue weighted by Crippen LogP contribution is 2.40. The first-order valence-electron chi connectivity index (χ1n) is 10.7. The number of nitrogens with zero attached hydrogens (tertiary/aromatic N) is 2. The molecular weight excluding hydrogens is 408 g/mol. The van der Waals surface area contributed by atoms with Gasteiger partial charge >= 0.3 is 0 Å². The average Bonchev–Trinajstić information content (AvgIpc) is 3.23. The van der Waals surface area contributed by atoms with Gasteiger partial charge in [-0.2, -0.15) is 0 Å². The van der Waals surface area contributed by atoms with E-state index < -0.39 is 0 Å². The highest BCUT2D eigenvalue weighted by molar-refractivity contribution is 7.25. The van der Waals surface area contributed by atoms with Crippen molar-refractivity contribution < 1.29 is 0 Å². The molecule has 0 aliphatic heterocycles. The first-order chi connectivity index (χ1) is 15.8. The quantitative estimate of drug-likeness (QED) is 0.284. The predicted octanol–water partition coefficient (Wildman–Crippen LogP) is 8.15. The van der Waals surface area contributed by atoms with E-state index in [0.29, 0.717) is 0 Å². The van der Waals surface area contributed by atoms with Gasteiger partial charge in [0.05, 0.1) is 5.69 Å². The number of hydrogen-bond donors (Lipinski definition) is 0. The molecule has 0 aliphatic carbocycles. The molecule has 0 aliphatic rings. The van der Waals surface area contributed by atoms with Crippen molar-refractivity contribution in [1.82, 2.24) is 9.97 Å². The number of rotatable bonds is 3. The number of hydrogen-bond acceptors (Lipinski definition) is 3. The lowest BCUT2D eigenvalue weighted by atomic mass is 9.98. The Balaban J connectivity index is 1.44. The van der Waals surface area contributed by atoms with Crippen LogP contribution in [0.25, 0.3) is 53.9 Å². The maximum atomic E-state index is 4.85. The molecule has 0 amide bonds. The van der Waals surface area contributed by atoms with Crippen LogP contribution in [-0.4, -0.2) is 9.97 Å². The second kappa shape index (κ2) is 7.70. The van der Waals surface area contributed by atoms with Crippen LogP contribution >= 0.6 is 11.3 Å². The zero-order chi connectivity index (χ0) is 21.5. The van der Waals surface area contributed by atoms with Gasteiger partial charge in [0.1, 0.15) is 0 Å². The molecule has 0 spiro atoms. The van der Waals surface area contributed by atoms with Crippen molar-refractivity contribution in [2.45, 2.75) is 6.92 Å². The van der Waals surface area contributed by atoms with Crippen molar-refractivity contribution in [1.29, 1.82) is 0 Å². The van der Waals surface area contributed by atoms with E-state index in [-0.39, 0.29) is 0 Å². The monoisotopic (exact) mass is 428 g/mol. The molecule has 0 unspecified atom stereocenters. The van der Waals surface area contributed by atoms with Crippen molar-refractivity contribution in [2.24, 2.45) is 0 Å². The Morgan fingerprint density at radius 3 is 2.16 bits per heavy atom. The summed E-state index contributed by atoms with van der Waals surface area (Å²) in [6.07, 6.45) is 0. The third kappa shape index (κ3) is 3.28. The van der Waals surface area contributed by atoms with Crippen LogP contribution < -0.4 is 0 Å². The molecule has 0 saturated carbocycles. The molecule has 2 aromatic heterocycles. The van der Waals surface area contributed by atoms with Crippen molar-refractivity contribution >= 4 is 31.5 Å². The van der Waals surface area contributed by atoms with E-state index in [1.165, 1.54) is 31.3 Å². The van der Waals surface area contributed by atoms with Crippen LogP contribution in [0.4, 0.5) is 0 Å². The Morgan fingerprint density at radius 1 is 0.594 bits per heavy atom. The zero-order valence-electron chi connectivity index (χ0n) is 17.6. The third-order valence-electron chi connectivity index (χ3n) is 5.78. The normalized spacial score (nSPS) is 11.3. The molecule has 32 heavy (non-hydrogen) atoms. The number of benzene rings is 4. The molecule has 152 valence electrons. The van der Waals surface area contributed by atoms with Crippen LogP contribution in [0, 0.1) is 6.92 Å². The highest BCUT2D eigenvalue weighted by Gasteiger charge is 2.12. The van der Waals surface area contributed by atoms with Gasteiger partial charge in [-0.05, 0) is 36.2 Å². The van der Waals surface area contributed by atoms with Crippen molar-refractivity contribution in [2.75, 3.05) is 0 Å².